The highest BCUT2D eigenvalue weighted by atomic mass is 16.1. The largest absolute Gasteiger partial charge is 0.353 e. The maximum absolute atomic E-state index is 11.8. The summed E-state index contributed by atoms with van der Waals surface area (Å²) in [6.45, 7) is 2.73. The molecule has 0 saturated carbocycles. The second-order valence-electron chi connectivity index (χ2n) is 4.78. The summed E-state index contributed by atoms with van der Waals surface area (Å²) in [5, 5.41) is 6.31. The fraction of sp³-hybridized carbons (Fsp3) is 0.615. The van der Waals surface area contributed by atoms with E-state index in [1.807, 2.05) is 29.9 Å². The monoisotopic (exact) mass is 235 g/mol. The van der Waals surface area contributed by atoms with Gasteiger partial charge in [0, 0.05) is 25.4 Å². The van der Waals surface area contributed by atoms with E-state index < -0.39 is 0 Å². The van der Waals surface area contributed by atoms with Gasteiger partial charge in [-0.05, 0) is 44.0 Å². The van der Waals surface area contributed by atoms with Crippen molar-refractivity contribution in [2.45, 2.75) is 25.8 Å². The van der Waals surface area contributed by atoms with Gasteiger partial charge in [0.25, 0.3) is 0 Å². The molecular formula is C13H21N3O. The zero-order valence-electron chi connectivity index (χ0n) is 10.4. The van der Waals surface area contributed by atoms with E-state index in [4.69, 9.17) is 0 Å². The molecule has 4 heteroatoms. The number of nitrogens with zero attached hydrogens (tertiary/aromatic N) is 1. The quantitative estimate of drug-likeness (QED) is 0.819. The van der Waals surface area contributed by atoms with E-state index in [0.717, 1.165) is 31.6 Å². The highest BCUT2D eigenvalue weighted by Gasteiger charge is 2.16. The fourth-order valence-corrected chi connectivity index (χ4v) is 2.29. The van der Waals surface area contributed by atoms with Crippen LogP contribution < -0.4 is 10.6 Å². The van der Waals surface area contributed by atoms with Crippen molar-refractivity contribution < 1.29 is 4.79 Å². The molecule has 1 aliphatic rings. The number of hydrogen-bond donors (Lipinski definition) is 2. The van der Waals surface area contributed by atoms with Crippen molar-refractivity contribution in [3.63, 3.8) is 0 Å². The molecule has 2 heterocycles. The average molecular weight is 235 g/mol. The SMILES string of the molecule is Cn1cccc1CNC(=O)CC1CCNCC1. The van der Waals surface area contributed by atoms with Crippen molar-refractivity contribution in [1.29, 1.82) is 0 Å². The molecule has 1 fully saturated rings. The van der Waals surface area contributed by atoms with E-state index in [9.17, 15) is 4.79 Å². The number of aromatic nitrogens is 1. The van der Waals surface area contributed by atoms with Gasteiger partial charge in [-0.15, -0.1) is 0 Å². The third-order valence-electron chi connectivity index (χ3n) is 3.45. The van der Waals surface area contributed by atoms with Crippen molar-refractivity contribution in [3.05, 3.63) is 24.0 Å². The molecule has 0 atom stereocenters. The lowest BCUT2D eigenvalue weighted by Gasteiger charge is -2.21. The van der Waals surface area contributed by atoms with Crippen LogP contribution in [0, 0.1) is 5.92 Å². The lowest BCUT2D eigenvalue weighted by atomic mass is 9.94. The van der Waals surface area contributed by atoms with Crippen LogP contribution in [0.4, 0.5) is 0 Å². The predicted molar refractivity (Wildman–Crippen MR) is 67.5 cm³/mol. The van der Waals surface area contributed by atoms with Crippen LogP contribution in [0.15, 0.2) is 18.3 Å². The number of amides is 1. The minimum atomic E-state index is 0.179. The van der Waals surface area contributed by atoms with Crippen LogP contribution >= 0.6 is 0 Å². The molecule has 0 aromatic carbocycles. The van der Waals surface area contributed by atoms with Gasteiger partial charge >= 0.3 is 0 Å². The molecule has 1 aliphatic heterocycles. The summed E-state index contributed by atoms with van der Waals surface area (Å²) >= 11 is 0. The Morgan fingerprint density at radius 2 is 2.29 bits per heavy atom. The van der Waals surface area contributed by atoms with E-state index in [1.54, 1.807) is 0 Å². The summed E-state index contributed by atoms with van der Waals surface area (Å²) in [7, 11) is 1.99. The number of aryl methyl sites for hydroxylation is 1. The predicted octanol–water partition coefficient (Wildman–Crippen LogP) is 1.03. The lowest BCUT2D eigenvalue weighted by Crippen LogP contribution is -2.32. The molecule has 4 nitrogen and oxygen atoms in total. The molecule has 1 amide bonds. The minimum absolute atomic E-state index is 0.179. The zero-order valence-corrected chi connectivity index (χ0v) is 10.4. The van der Waals surface area contributed by atoms with Crippen molar-refractivity contribution in [2.24, 2.45) is 13.0 Å². The Kier molecular flexibility index (Phi) is 4.20. The summed E-state index contributed by atoms with van der Waals surface area (Å²) in [5.74, 6) is 0.739. The van der Waals surface area contributed by atoms with E-state index in [0.29, 0.717) is 18.9 Å². The second-order valence-corrected chi connectivity index (χ2v) is 4.78. The van der Waals surface area contributed by atoms with Gasteiger partial charge in [0.2, 0.25) is 5.91 Å². The molecule has 1 aromatic rings. The first-order valence-corrected chi connectivity index (χ1v) is 6.33. The first kappa shape index (κ1) is 12.2. The van der Waals surface area contributed by atoms with Crippen molar-refractivity contribution in [1.82, 2.24) is 15.2 Å². The van der Waals surface area contributed by atoms with Crippen LogP contribution in [0.1, 0.15) is 25.0 Å². The minimum Gasteiger partial charge on any atom is -0.353 e. The maximum Gasteiger partial charge on any atom is 0.220 e. The molecule has 0 spiro atoms. The first-order chi connectivity index (χ1) is 8.25. The second kappa shape index (κ2) is 5.87. The van der Waals surface area contributed by atoms with Gasteiger partial charge in [-0.1, -0.05) is 0 Å². The third kappa shape index (κ3) is 3.60. The highest BCUT2D eigenvalue weighted by Crippen LogP contribution is 2.15. The number of nitrogens with one attached hydrogen (secondary N) is 2. The standard InChI is InChI=1S/C13H21N3O/c1-16-8-2-3-12(16)10-15-13(17)9-11-4-6-14-7-5-11/h2-3,8,11,14H,4-7,9-10H2,1H3,(H,15,17). The van der Waals surface area contributed by atoms with Crippen LogP contribution in [0.2, 0.25) is 0 Å². The first-order valence-electron chi connectivity index (χ1n) is 6.33. The van der Waals surface area contributed by atoms with Gasteiger partial charge in [-0.3, -0.25) is 4.79 Å². The number of piperidine rings is 1. The molecule has 17 heavy (non-hydrogen) atoms. The van der Waals surface area contributed by atoms with Crippen molar-refractivity contribution in [2.75, 3.05) is 13.1 Å². The summed E-state index contributed by atoms with van der Waals surface area (Å²) < 4.78 is 2.03. The number of hydrogen-bond acceptors (Lipinski definition) is 2. The summed E-state index contributed by atoms with van der Waals surface area (Å²) in [5.41, 5.74) is 1.14. The van der Waals surface area contributed by atoms with Gasteiger partial charge in [-0.25, -0.2) is 0 Å². The molecule has 1 aromatic heterocycles. The van der Waals surface area contributed by atoms with Crippen LogP contribution in [0.5, 0.6) is 0 Å². The Hall–Kier alpha value is -1.29. The zero-order chi connectivity index (χ0) is 12.1. The number of rotatable bonds is 4. The van der Waals surface area contributed by atoms with Crippen LogP contribution in [0.3, 0.4) is 0 Å². The van der Waals surface area contributed by atoms with E-state index in [2.05, 4.69) is 10.6 Å². The Morgan fingerprint density at radius 1 is 1.53 bits per heavy atom. The van der Waals surface area contributed by atoms with E-state index >= 15 is 0 Å². The topological polar surface area (TPSA) is 46.1 Å². The Labute approximate surface area is 102 Å². The summed E-state index contributed by atoms with van der Waals surface area (Å²) in [6, 6.07) is 4.03. The highest BCUT2D eigenvalue weighted by molar-refractivity contribution is 5.76. The molecule has 1 saturated heterocycles. The molecule has 0 aliphatic carbocycles. The van der Waals surface area contributed by atoms with Gasteiger partial charge < -0.3 is 15.2 Å². The fourth-order valence-electron chi connectivity index (χ4n) is 2.29. The van der Waals surface area contributed by atoms with Gasteiger partial charge in [0.1, 0.15) is 0 Å². The molecule has 94 valence electrons. The average Bonchev–Trinajstić information content (AvgIpc) is 2.74. The van der Waals surface area contributed by atoms with Gasteiger partial charge in [-0.2, -0.15) is 0 Å². The Bertz CT molecular complexity index is 366. The van der Waals surface area contributed by atoms with E-state index in [-0.39, 0.29) is 5.91 Å². The van der Waals surface area contributed by atoms with Crippen LogP contribution in [0.25, 0.3) is 0 Å². The number of carbonyl (C=O) groups is 1. The van der Waals surface area contributed by atoms with Crippen LogP contribution in [-0.4, -0.2) is 23.6 Å². The van der Waals surface area contributed by atoms with Crippen molar-refractivity contribution >= 4 is 5.91 Å². The molecule has 0 bridgehead atoms. The lowest BCUT2D eigenvalue weighted by molar-refractivity contribution is -0.122. The van der Waals surface area contributed by atoms with E-state index in [1.165, 1.54) is 0 Å². The van der Waals surface area contributed by atoms with Crippen LogP contribution in [-0.2, 0) is 18.4 Å². The normalized spacial score (nSPS) is 17.0. The maximum atomic E-state index is 11.8. The molecular weight excluding hydrogens is 214 g/mol. The van der Waals surface area contributed by atoms with Crippen molar-refractivity contribution in [3.8, 4) is 0 Å². The molecule has 0 unspecified atom stereocenters. The third-order valence-corrected chi connectivity index (χ3v) is 3.45. The molecule has 2 N–H and O–H groups in total. The molecule has 2 rings (SSSR count). The Balaban J connectivity index is 1.72. The van der Waals surface area contributed by atoms with Gasteiger partial charge in [0.15, 0.2) is 0 Å². The van der Waals surface area contributed by atoms with Gasteiger partial charge in [0.05, 0.1) is 6.54 Å². The smallest absolute Gasteiger partial charge is 0.220 e. The summed E-state index contributed by atoms with van der Waals surface area (Å²) in [6.07, 6.45) is 4.91. The Morgan fingerprint density at radius 3 is 2.94 bits per heavy atom. The molecule has 0 radical (unpaired) electrons. The summed E-state index contributed by atoms with van der Waals surface area (Å²) in [4.78, 5) is 11.8. The number of carbonyl (C=O) groups excluding carboxylic acids is 1.